The van der Waals surface area contributed by atoms with E-state index in [1.807, 2.05) is 18.2 Å². The van der Waals surface area contributed by atoms with Crippen LogP contribution < -0.4 is 14.8 Å². The zero-order valence-electron chi connectivity index (χ0n) is 13.5. The maximum absolute atomic E-state index is 12.2. The second kappa shape index (κ2) is 7.44. The molecule has 0 radical (unpaired) electrons. The smallest absolute Gasteiger partial charge is 0.337 e. The first kappa shape index (κ1) is 17.1. The summed E-state index contributed by atoms with van der Waals surface area (Å²) in [6.45, 7) is 0.217. The van der Waals surface area contributed by atoms with Crippen molar-refractivity contribution < 1.29 is 23.8 Å². The second-order valence-electron chi connectivity index (χ2n) is 5.42. The summed E-state index contributed by atoms with van der Waals surface area (Å²) in [6.07, 6.45) is 0.801. The van der Waals surface area contributed by atoms with Crippen LogP contribution in [0.15, 0.2) is 36.4 Å². The predicted octanol–water partition coefficient (Wildman–Crippen LogP) is 3.43. The van der Waals surface area contributed by atoms with Crippen molar-refractivity contribution in [3.05, 3.63) is 52.5 Å². The van der Waals surface area contributed by atoms with E-state index in [0.717, 1.165) is 5.56 Å². The summed E-state index contributed by atoms with van der Waals surface area (Å²) >= 11 is 6.07. The number of hydrogen-bond acceptors (Lipinski definition) is 5. The fraction of sp³-hybridized carbons (Fsp3) is 0.222. The van der Waals surface area contributed by atoms with E-state index in [0.29, 0.717) is 34.2 Å². The Labute approximate surface area is 149 Å². The standard InChI is InChI=1S/C18H16ClNO5/c1-23-18(22)12-4-5-13(19)14(9-12)20-17(21)7-3-11-2-6-15-16(8-11)25-10-24-15/h2,4-6,8-9H,3,7,10H2,1H3,(H,20,21). The minimum Gasteiger partial charge on any atom is -0.465 e. The van der Waals surface area contributed by atoms with E-state index in [1.165, 1.54) is 19.2 Å². The molecule has 1 N–H and O–H groups in total. The van der Waals surface area contributed by atoms with Gasteiger partial charge in [-0.1, -0.05) is 17.7 Å². The van der Waals surface area contributed by atoms with Crippen molar-refractivity contribution in [1.29, 1.82) is 0 Å². The van der Waals surface area contributed by atoms with E-state index in [2.05, 4.69) is 10.1 Å². The summed E-state index contributed by atoms with van der Waals surface area (Å²) in [4.78, 5) is 23.7. The van der Waals surface area contributed by atoms with Gasteiger partial charge in [-0.3, -0.25) is 4.79 Å². The lowest BCUT2D eigenvalue weighted by Crippen LogP contribution is -2.13. The normalized spacial score (nSPS) is 11.9. The van der Waals surface area contributed by atoms with Gasteiger partial charge in [0.2, 0.25) is 12.7 Å². The quantitative estimate of drug-likeness (QED) is 0.826. The zero-order valence-corrected chi connectivity index (χ0v) is 14.3. The molecule has 0 unspecified atom stereocenters. The molecule has 130 valence electrons. The number of fused-ring (bicyclic) bond motifs is 1. The fourth-order valence-electron chi connectivity index (χ4n) is 2.43. The zero-order chi connectivity index (χ0) is 17.8. The van der Waals surface area contributed by atoms with Gasteiger partial charge in [0.1, 0.15) is 0 Å². The van der Waals surface area contributed by atoms with Crippen LogP contribution in [-0.4, -0.2) is 25.8 Å². The lowest BCUT2D eigenvalue weighted by atomic mass is 10.1. The number of rotatable bonds is 5. The Morgan fingerprint density at radius 1 is 1.16 bits per heavy atom. The van der Waals surface area contributed by atoms with Crippen LogP contribution in [0.2, 0.25) is 5.02 Å². The molecule has 0 aromatic heterocycles. The lowest BCUT2D eigenvalue weighted by molar-refractivity contribution is -0.116. The third-order valence-electron chi connectivity index (χ3n) is 3.74. The highest BCUT2D eigenvalue weighted by molar-refractivity contribution is 6.33. The number of amides is 1. The van der Waals surface area contributed by atoms with Crippen molar-refractivity contribution in [1.82, 2.24) is 0 Å². The third-order valence-corrected chi connectivity index (χ3v) is 4.07. The summed E-state index contributed by atoms with van der Waals surface area (Å²) in [7, 11) is 1.29. The Morgan fingerprint density at radius 3 is 2.76 bits per heavy atom. The molecule has 7 heteroatoms. The third kappa shape index (κ3) is 4.03. The molecule has 0 saturated carbocycles. The maximum atomic E-state index is 12.2. The van der Waals surface area contributed by atoms with Gasteiger partial charge in [0.15, 0.2) is 11.5 Å². The number of hydrogen-bond donors (Lipinski definition) is 1. The van der Waals surface area contributed by atoms with Gasteiger partial charge in [0, 0.05) is 6.42 Å². The van der Waals surface area contributed by atoms with Crippen LogP contribution in [0.1, 0.15) is 22.3 Å². The number of carbonyl (C=O) groups is 2. The second-order valence-corrected chi connectivity index (χ2v) is 5.83. The van der Waals surface area contributed by atoms with Crippen molar-refractivity contribution >= 4 is 29.2 Å². The predicted molar refractivity (Wildman–Crippen MR) is 92.3 cm³/mol. The summed E-state index contributed by atoms with van der Waals surface area (Å²) in [5.41, 5.74) is 1.66. The molecule has 3 rings (SSSR count). The summed E-state index contributed by atoms with van der Waals surface area (Å²) < 4.78 is 15.2. The van der Waals surface area contributed by atoms with Gasteiger partial charge in [0.05, 0.1) is 23.4 Å². The molecule has 0 atom stereocenters. The molecule has 0 saturated heterocycles. The Kier molecular flexibility index (Phi) is 5.09. The Morgan fingerprint density at radius 2 is 1.96 bits per heavy atom. The molecule has 1 aliphatic heterocycles. The summed E-state index contributed by atoms with van der Waals surface area (Å²) in [6, 6.07) is 10.2. The monoisotopic (exact) mass is 361 g/mol. The molecule has 2 aromatic carbocycles. The number of anilines is 1. The number of ether oxygens (including phenoxy) is 3. The van der Waals surface area contributed by atoms with E-state index in [-0.39, 0.29) is 19.1 Å². The topological polar surface area (TPSA) is 73.9 Å². The first-order valence-corrected chi connectivity index (χ1v) is 8.01. The van der Waals surface area contributed by atoms with Gasteiger partial charge in [-0.25, -0.2) is 4.79 Å². The van der Waals surface area contributed by atoms with Gasteiger partial charge >= 0.3 is 5.97 Å². The highest BCUT2D eigenvalue weighted by Crippen LogP contribution is 2.32. The van der Waals surface area contributed by atoms with E-state index < -0.39 is 5.97 Å². The number of benzene rings is 2. The van der Waals surface area contributed by atoms with E-state index >= 15 is 0 Å². The van der Waals surface area contributed by atoms with Gasteiger partial charge in [0.25, 0.3) is 0 Å². The Bertz CT molecular complexity index is 821. The van der Waals surface area contributed by atoms with E-state index in [1.54, 1.807) is 6.07 Å². The summed E-state index contributed by atoms with van der Waals surface area (Å²) in [5, 5.41) is 3.07. The van der Waals surface area contributed by atoms with E-state index in [4.69, 9.17) is 21.1 Å². The van der Waals surface area contributed by atoms with Gasteiger partial charge in [-0.2, -0.15) is 0 Å². The van der Waals surface area contributed by atoms with Crippen LogP contribution in [-0.2, 0) is 16.0 Å². The number of methoxy groups -OCH3 is 1. The molecule has 25 heavy (non-hydrogen) atoms. The molecule has 1 amide bonds. The maximum Gasteiger partial charge on any atom is 0.337 e. The van der Waals surface area contributed by atoms with Crippen LogP contribution in [0.25, 0.3) is 0 Å². The number of aryl methyl sites for hydroxylation is 1. The highest BCUT2D eigenvalue weighted by atomic mass is 35.5. The number of nitrogens with one attached hydrogen (secondary N) is 1. The molecule has 0 aliphatic carbocycles. The SMILES string of the molecule is COC(=O)c1ccc(Cl)c(NC(=O)CCc2ccc3c(c2)OCO3)c1. The van der Waals surface area contributed by atoms with Gasteiger partial charge < -0.3 is 19.5 Å². The minimum absolute atomic E-state index is 0.207. The van der Waals surface area contributed by atoms with Crippen molar-refractivity contribution in [2.75, 3.05) is 19.2 Å². The molecular weight excluding hydrogens is 346 g/mol. The molecule has 0 spiro atoms. The molecule has 2 aromatic rings. The average molecular weight is 362 g/mol. The van der Waals surface area contributed by atoms with Gasteiger partial charge in [-0.05, 0) is 42.3 Å². The molecular formula is C18H16ClNO5. The average Bonchev–Trinajstić information content (AvgIpc) is 3.09. The molecule has 6 nitrogen and oxygen atoms in total. The first-order valence-electron chi connectivity index (χ1n) is 7.63. The number of esters is 1. The Hall–Kier alpha value is -2.73. The number of carbonyl (C=O) groups excluding carboxylic acids is 2. The molecule has 1 heterocycles. The summed E-state index contributed by atoms with van der Waals surface area (Å²) in [5.74, 6) is 0.695. The fourth-order valence-corrected chi connectivity index (χ4v) is 2.60. The van der Waals surface area contributed by atoms with E-state index in [9.17, 15) is 9.59 Å². The van der Waals surface area contributed by atoms with Crippen LogP contribution in [0.3, 0.4) is 0 Å². The number of halogens is 1. The minimum atomic E-state index is -0.493. The first-order chi connectivity index (χ1) is 12.1. The molecule has 1 aliphatic rings. The van der Waals surface area contributed by atoms with Crippen molar-refractivity contribution in [2.45, 2.75) is 12.8 Å². The highest BCUT2D eigenvalue weighted by Gasteiger charge is 2.14. The molecule has 0 bridgehead atoms. The van der Waals surface area contributed by atoms with Crippen LogP contribution in [0, 0.1) is 0 Å². The van der Waals surface area contributed by atoms with Crippen molar-refractivity contribution in [3.8, 4) is 11.5 Å². The molecule has 0 fully saturated rings. The Balaban J connectivity index is 1.62. The van der Waals surface area contributed by atoms with Crippen LogP contribution in [0.4, 0.5) is 5.69 Å². The van der Waals surface area contributed by atoms with Crippen molar-refractivity contribution in [2.24, 2.45) is 0 Å². The van der Waals surface area contributed by atoms with Crippen LogP contribution >= 0.6 is 11.6 Å². The largest absolute Gasteiger partial charge is 0.465 e. The van der Waals surface area contributed by atoms with Crippen LogP contribution in [0.5, 0.6) is 11.5 Å². The van der Waals surface area contributed by atoms with Crippen molar-refractivity contribution in [3.63, 3.8) is 0 Å². The van der Waals surface area contributed by atoms with Gasteiger partial charge in [-0.15, -0.1) is 0 Å². The lowest BCUT2D eigenvalue weighted by Gasteiger charge is -2.09.